The summed E-state index contributed by atoms with van der Waals surface area (Å²) in [6, 6.07) is 0. The molecule has 17 nitrogen and oxygen atoms in total. The van der Waals surface area contributed by atoms with E-state index in [-0.39, 0.29) is 25.7 Å². The highest BCUT2D eigenvalue weighted by atomic mass is 31.2. The third-order valence-corrected chi connectivity index (χ3v) is 19.5. The van der Waals surface area contributed by atoms with Gasteiger partial charge in [-0.25, -0.2) is 9.13 Å². The third kappa shape index (κ3) is 79.3. The fourth-order valence-corrected chi connectivity index (χ4v) is 12.7. The molecule has 19 heteroatoms. The van der Waals surface area contributed by atoms with Crippen molar-refractivity contribution in [3.63, 3.8) is 0 Å². The highest BCUT2D eigenvalue weighted by molar-refractivity contribution is 7.47. The maximum Gasteiger partial charge on any atom is 0.472 e. The van der Waals surface area contributed by atoms with E-state index in [1.807, 2.05) is 0 Å². The van der Waals surface area contributed by atoms with Crippen LogP contribution >= 0.6 is 15.6 Å². The van der Waals surface area contributed by atoms with E-state index in [4.69, 9.17) is 37.0 Å². The Morgan fingerprint density at radius 2 is 0.481 bits per heavy atom. The van der Waals surface area contributed by atoms with Gasteiger partial charge in [0.2, 0.25) is 0 Å². The number of allylic oxidation sites excluding steroid dienone is 22. The van der Waals surface area contributed by atoms with Crippen molar-refractivity contribution in [2.24, 2.45) is 0 Å². The van der Waals surface area contributed by atoms with Crippen molar-refractivity contribution < 1.29 is 80.2 Å². The number of carbonyl (C=O) groups is 4. The Kier molecular flexibility index (Phi) is 76.7. The predicted molar refractivity (Wildman–Crippen MR) is 445 cm³/mol. The molecule has 0 fully saturated rings. The summed E-state index contributed by atoms with van der Waals surface area (Å²) in [6.45, 7) is 4.66. The van der Waals surface area contributed by atoms with Gasteiger partial charge in [0.05, 0.1) is 26.4 Å². The van der Waals surface area contributed by atoms with E-state index >= 15 is 0 Å². The topological polar surface area (TPSA) is 237 Å². The van der Waals surface area contributed by atoms with E-state index in [2.05, 4.69) is 161 Å². The van der Waals surface area contributed by atoms with Crippen LogP contribution in [0.1, 0.15) is 349 Å². The number of aliphatic hydroxyl groups excluding tert-OH is 1. The monoisotopic (exact) mass is 1560 g/mol. The van der Waals surface area contributed by atoms with E-state index in [1.165, 1.54) is 57.8 Å². The van der Waals surface area contributed by atoms with Crippen LogP contribution in [0.3, 0.4) is 0 Å². The molecule has 5 atom stereocenters. The summed E-state index contributed by atoms with van der Waals surface area (Å²) in [4.78, 5) is 73.2. The van der Waals surface area contributed by atoms with Gasteiger partial charge in [-0.3, -0.25) is 37.3 Å². The number of hydrogen-bond donors (Lipinski definition) is 3. The normalized spacial score (nSPS) is 14.5. The van der Waals surface area contributed by atoms with Gasteiger partial charge in [0, 0.05) is 25.7 Å². The highest BCUT2D eigenvalue weighted by Gasteiger charge is 2.30. The van der Waals surface area contributed by atoms with Gasteiger partial charge in [0.1, 0.15) is 19.3 Å². The van der Waals surface area contributed by atoms with Gasteiger partial charge in [-0.15, -0.1) is 0 Å². The number of esters is 4. The van der Waals surface area contributed by atoms with E-state index < -0.39 is 97.5 Å². The minimum Gasteiger partial charge on any atom is -0.462 e. The Morgan fingerprint density at radius 1 is 0.269 bits per heavy atom. The Morgan fingerprint density at radius 3 is 0.741 bits per heavy atom. The minimum atomic E-state index is -4.99. The fourth-order valence-electron chi connectivity index (χ4n) is 11.1. The van der Waals surface area contributed by atoms with Crippen LogP contribution in [0.15, 0.2) is 134 Å². The third-order valence-electron chi connectivity index (χ3n) is 17.6. The van der Waals surface area contributed by atoms with Crippen molar-refractivity contribution in [1.82, 2.24) is 0 Å². The smallest absolute Gasteiger partial charge is 0.462 e. The molecule has 0 radical (unpaired) electrons. The van der Waals surface area contributed by atoms with E-state index in [1.54, 1.807) is 0 Å². The fraction of sp³-hybridized carbons (Fsp3) is 0.708. The van der Waals surface area contributed by atoms with Crippen molar-refractivity contribution in [1.29, 1.82) is 0 Å². The molecule has 0 aromatic rings. The van der Waals surface area contributed by atoms with Gasteiger partial charge in [0.25, 0.3) is 0 Å². The molecule has 3 N–H and O–H groups in total. The zero-order valence-electron chi connectivity index (χ0n) is 68.0. The summed E-state index contributed by atoms with van der Waals surface area (Å²) in [5, 5.41) is 10.7. The summed E-state index contributed by atoms with van der Waals surface area (Å²) in [5.41, 5.74) is 0. The zero-order valence-corrected chi connectivity index (χ0v) is 69.8. The first kappa shape index (κ1) is 103. The molecule has 0 rings (SSSR count). The lowest BCUT2D eigenvalue weighted by Crippen LogP contribution is -2.30. The number of unbranched alkanes of at least 4 members (excludes halogenated alkanes) is 31. The number of aliphatic hydroxyl groups is 1. The Bertz CT molecular complexity index is 2560. The van der Waals surface area contributed by atoms with Gasteiger partial charge in [-0.05, 0) is 167 Å². The second-order valence-corrected chi connectivity index (χ2v) is 30.9. The number of rotatable bonds is 79. The van der Waals surface area contributed by atoms with Crippen molar-refractivity contribution in [2.75, 3.05) is 39.6 Å². The zero-order chi connectivity index (χ0) is 78.9. The maximum atomic E-state index is 13.1. The summed E-state index contributed by atoms with van der Waals surface area (Å²) >= 11 is 0. The lowest BCUT2D eigenvalue weighted by molar-refractivity contribution is -0.161. The molecule has 0 aromatic carbocycles. The molecule has 0 heterocycles. The lowest BCUT2D eigenvalue weighted by atomic mass is 10.1. The van der Waals surface area contributed by atoms with Crippen molar-refractivity contribution in [3.8, 4) is 0 Å². The molecule has 0 amide bonds. The van der Waals surface area contributed by atoms with Gasteiger partial charge in [-0.1, -0.05) is 290 Å². The predicted octanol–water partition coefficient (Wildman–Crippen LogP) is 25.2. The van der Waals surface area contributed by atoms with E-state index in [0.29, 0.717) is 25.7 Å². The molecule has 0 saturated carbocycles. The van der Waals surface area contributed by atoms with Gasteiger partial charge < -0.3 is 33.8 Å². The quantitative estimate of drug-likeness (QED) is 0.0169. The number of phosphoric ester groups is 2. The number of carbonyl (C=O) groups excluding carboxylic acids is 4. The van der Waals surface area contributed by atoms with E-state index in [0.717, 1.165) is 212 Å². The summed E-state index contributed by atoms with van der Waals surface area (Å²) < 4.78 is 68.8. The Balaban J connectivity index is 5.42. The van der Waals surface area contributed by atoms with Crippen LogP contribution in [-0.4, -0.2) is 96.7 Å². The molecule has 0 aliphatic carbocycles. The van der Waals surface area contributed by atoms with Gasteiger partial charge in [-0.2, -0.15) is 0 Å². The highest BCUT2D eigenvalue weighted by Crippen LogP contribution is 2.45. The van der Waals surface area contributed by atoms with E-state index in [9.17, 15) is 43.2 Å². The van der Waals surface area contributed by atoms with Crippen LogP contribution < -0.4 is 0 Å². The molecular weight excluding hydrogens is 1400 g/mol. The molecule has 620 valence electrons. The molecule has 5 unspecified atom stereocenters. The van der Waals surface area contributed by atoms with Crippen molar-refractivity contribution >= 4 is 39.5 Å². The standard InChI is InChI=1S/C89H152O17P2/c1-5-9-13-17-21-25-29-33-37-39-41-43-47-50-54-58-62-66-70-74-87(92)100-80-85(106-89(94)76-72-68-64-60-56-52-48-44-42-40-38-34-30-26-22-18-14-10-6-2)82-104-108(97,98)102-78-83(90)77-101-107(95,96)103-81-84(105-88(93)75-71-67-63-59-55-51-46-36-32-28-24-20-16-12-8-4)79-99-86(91)73-69-65-61-57-53-49-45-35-31-27-23-19-15-11-7-3/h9,13,21-28,33-38,41-46,83-85,90H,5-8,10-12,14-20,29-32,39-40,47-82H2,1-4H3,(H,95,96)(H,97,98)/b13-9-,25-21-,26-22-,27-23-,28-24-,37-33-,38-34-,43-41-,44-42-,45-35-,46-36-. The van der Waals surface area contributed by atoms with Crippen LogP contribution in [0.25, 0.3) is 0 Å². The summed E-state index contributed by atoms with van der Waals surface area (Å²) in [5.74, 6) is -2.23. The van der Waals surface area contributed by atoms with Gasteiger partial charge >= 0.3 is 39.5 Å². The van der Waals surface area contributed by atoms with Crippen molar-refractivity contribution in [3.05, 3.63) is 134 Å². The minimum absolute atomic E-state index is 0.0736. The average molecular weight is 1560 g/mol. The summed E-state index contributed by atoms with van der Waals surface area (Å²) in [6.07, 6.45) is 91.2. The van der Waals surface area contributed by atoms with Gasteiger partial charge in [0.15, 0.2) is 12.2 Å². The first-order valence-corrected chi connectivity index (χ1v) is 45.4. The second kappa shape index (κ2) is 80.3. The largest absolute Gasteiger partial charge is 0.472 e. The second-order valence-electron chi connectivity index (χ2n) is 28.0. The molecular formula is C89H152O17P2. The SMILES string of the molecule is CC/C=C\C/C=C\C/C=C\C/C=C\CCCCCCCCC(=O)OCC(COP(=O)(O)OCC(O)COP(=O)(O)OCC(COC(=O)CCCCCCC/C=C\C/C=C\CCCCC)OC(=O)CCCCCCC/C=C\C/C=C\CCCCC)OC(=O)CCCCCCCC/C=C\C/C=C\C/C=C\CCCCC. The number of hydrogen-bond acceptors (Lipinski definition) is 15. The first-order chi connectivity index (χ1) is 52.7. The molecule has 108 heavy (non-hydrogen) atoms. The molecule has 0 saturated heterocycles. The van der Waals surface area contributed by atoms with Crippen LogP contribution in [0.5, 0.6) is 0 Å². The lowest BCUT2D eigenvalue weighted by Gasteiger charge is -2.21. The average Bonchev–Trinajstić information content (AvgIpc) is 0.896. The Labute approximate surface area is 656 Å². The molecule has 0 bridgehead atoms. The van der Waals surface area contributed by atoms with Crippen LogP contribution in [-0.2, 0) is 65.4 Å². The number of phosphoric acid groups is 2. The molecule has 0 aromatic heterocycles. The van der Waals surface area contributed by atoms with Crippen molar-refractivity contribution in [2.45, 2.75) is 367 Å². The Hall–Kier alpha value is -4.80. The molecule has 0 spiro atoms. The first-order valence-electron chi connectivity index (χ1n) is 42.4. The van der Waals surface area contributed by atoms with Crippen LogP contribution in [0, 0.1) is 0 Å². The molecule has 0 aliphatic rings. The molecule has 0 aliphatic heterocycles. The summed E-state index contributed by atoms with van der Waals surface area (Å²) in [7, 11) is -9.99. The maximum absolute atomic E-state index is 13.1. The number of ether oxygens (including phenoxy) is 4. The van der Waals surface area contributed by atoms with Crippen LogP contribution in [0.4, 0.5) is 0 Å². The van der Waals surface area contributed by atoms with Crippen LogP contribution in [0.2, 0.25) is 0 Å².